The molecule has 2 N–H and O–H groups in total. The van der Waals surface area contributed by atoms with E-state index in [9.17, 15) is 13.2 Å². The zero-order valence-corrected chi connectivity index (χ0v) is 10.3. The van der Waals surface area contributed by atoms with Crippen molar-refractivity contribution in [3.8, 4) is 0 Å². The van der Waals surface area contributed by atoms with Gasteiger partial charge in [-0.05, 0) is 30.9 Å². The molecule has 0 aliphatic heterocycles. The summed E-state index contributed by atoms with van der Waals surface area (Å²) < 4.78 is 41.0. The van der Waals surface area contributed by atoms with E-state index in [0.29, 0.717) is 12.0 Å². The summed E-state index contributed by atoms with van der Waals surface area (Å²) in [6, 6.07) is 1.68. The third-order valence-electron chi connectivity index (χ3n) is 3.87. The van der Waals surface area contributed by atoms with Crippen molar-refractivity contribution in [2.75, 3.05) is 0 Å². The first-order valence-electron chi connectivity index (χ1n) is 6.00. The molecule has 0 aromatic heterocycles. The van der Waals surface area contributed by atoms with Gasteiger partial charge >= 0.3 is 0 Å². The molecule has 0 radical (unpaired) electrons. The van der Waals surface area contributed by atoms with Crippen LogP contribution >= 0.6 is 0 Å². The van der Waals surface area contributed by atoms with E-state index in [4.69, 9.17) is 5.73 Å². The smallest absolute Gasteiger partial charge is 0.167 e. The molecule has 0 spiro atoms. The van der Waals surface area contributed by atoms with Crippen LogP contribution < -0.4 is 5.73 Å². The summed E-state index contributed by atoms with van der Waals surface area (Å²) in [5.74, 6) is -3.02. The number of halogens is 3. The fourth-order valence-corrected chi connectivity index (χ4v) is 2.68. The van der Waals surface area contributed by atoms with Crippen LogP contribution in [-0.2, 0) is 5.54 Å². The second-order valence-corrected chi connectivity index (χ2v) is 5.01. The van der Waals surface area contributed by atoms with Crippen LogP contribution in [-0.4, -0.2) is 0 Å². The van der Waals surface area contributed by atoms with Crippen molar-refractivity contribution in [2.45, 2.75) is 31.7 Å². The summed E-state index contributed by atoms with van der Waals surface area (Å²) in [6.07, 6.45) is 2.01. The predicted molar refractivity (Wildman–Crippen MR) is 64.3 cm³/mol. The number of benzene rings is 1. The molecule has 0 bridgehead atoms. The maximum Gasteiger partial charge on any atom is 0.167 e. The minimum atomic E-state index is -1.31. The van der Waals surface area contributed by atoms with Gasteiger partial charge in [-0.15, -0.1) is 0 Å². The van der Waals surface area contributed by atoms with Crippen molar-refractivity contribution < 1.29 is 13.2 Å². The van der Waals surface area contributed by atoms with Crippen LogP contribution in [0.15, 0.2) is 24.3 Å². The Balaban J connectivity index is 2.60. The highest BCUT2D eigenvalue weighted by Gasteiger charge is 2.41. The van der Waals surface area contributed by atoms with Crippen molar-refractivity contribution in [3.63, 3.8) is 0 Å². The molecule has 98 valence electrons. The van der Waals surface area contributed by atoms with Gasteiger partial charge in [0.1, 0.15) is 5.82 Å². The van der Waals surface area contributed by atoms with E-state index >= 15 is 0 Å². The summed E-state index contributed by atoms with van der Waals surface area (Å²) in [5, 5.41) is 0. The van der Waals surface area contributed by atoms with Crippen molar-refractivity contribution in [3.05, 3.63) is 47.3 Å². The summed E-state index contributed by atoms with van der Waals surface area (Å²) in [4.78, 5) is 0. The lowest BCUT2D eigenvalue weighted by molar-refractivity contribution is 0.315. The standard InChI is InChI=1S/C14H16F3N/c1-8-4-3-7-14(18,9(8)2)12-10(15)5-6-11(16)13(12)17/h5-6,8H,2-4,7,18H2,1H3. The van der Waals surface area contributed by atoms with E-state index in [1.54, 1.807) is 0 Å². The minimum Gasteiger partial charge on any atom is -0.318 e. The zero-order valence-electron chi connectivity index (χ0n) is 10.3. The molecule has 2 unspecified atom stereocenters. The second-order valence-electron chi connectivity index (χ2n) is 5.01. The molecule has 1 aliphatic rings. The van der Waals surface area contributed by atoms with Gasteiger partial charge in [-0.25, -0.2) is 13.2 Å². The van der Waals surface area contributed by atoms with Crippen molar-refractivity contribution in [2.24, 2.45) is 11.7 Å². The Hall–Kier alpha value is -1.29. The van der Waals surface area contributed by atoms with E-state index in [2.05, 4.69) is 6.58 Å². The first kappa shape index (κ1) is 13.1. The first-order valence-corrected chi connectivity index (χ1v) is 6.00. The van der Waals surface area contributed by atoms with Gasteiger partial charge in [-0.3, -0.25) is 0 Å². The molecule has 1 aromatic carbocycles. The van der Waals surface area contributed by atoms with Crippen LogP contribution in [0, 0.1) is 23.4 Å². The van der Waals surface area contributed by atoms with E-state index < -0.39 is 23.0 Å². The number of hydrogen-bond donors (Lipinski definition) is 1. The molecular formula is C14H16F3N. The molecular weight excluding hydrogens is 239 g/mol. The zero-order chi connectivity index (χ0) is 13.5. The SMILES string of the molecule is C=C1C(C)CCCC1(N)c1c(F)ccc(F)c1F. The number of rotatable bonds is 1. The summed E-state index contributed by atoms with van der Waals surface area (Å²) in [7, 11) is 0. The van der Waals surface area contributed by atoms with Crippen molar-refractivity contribution in [1.29, 1.82) is 0 Å². The first-order chi connectivity index (χ1) is 8.38. The monoisotopic (exact) mass is 255 g/mol. The predicted octanol–water partition coefficient (Wildman–Crippen LogP) is 3.63. The van der Waals surface area contributed by atoms with Gasteiger partial charge in [0.2, 0.25) is 0 Å². The van der Waals surface area contributed by atoms with Crippen LogP contribution in [0.25, 0.3) is 0 Å². The van der Waals surface area contributed by atoms with Gasteiger partial charge in [0.15, 0.2) is 11.6 Å². The molecule has 18 heavy (non-hydrogen) atoms. The van der Waals surface area contributed by atoms with Crippen molar-refractivity contribution >= 4 is 0 Å². The highest BCUT2D eigenvalue weighted by Crippen LogP contribution is 2.43. The van der Waals surface area contributed by atoms with E-state index in [0.717, 1.165) is 25.0 Å². The molecule has 0 heterocycles. The van der Waals surface area contributed by atoms with Gasteiger partial charge < -0.3 is 5.73 Å². The average Bonchev–Trinajstić information content (AvgIpc) is 2.31. The molecule has 1 saturated carbocycles. The normalized spacial score (nSPS) is 28.5. The fraction of sp³-hybridized carbons (Fsp3) is 0.429. The van der Waals surface area contributed by atoms with Crippen LogP contribution in [0.5, 0.6) is 0 Å². The Bertz CT molecular complexity index is 498. The van der Waals surface area contributed by atoms with E-state index in [1.807, 2.05) is 6.92 Å². The van der Waals surface area contributed by atoms with Crippen LogP contribution in [0.3, 0.4) is 0 Å². The Morgan fingerprint density at radius 1 is 1.28 bits per heavy atom. The topological polar surface area (TPSA) is 26.0 Å². The van der Waals surface area contributed by atoms with Gasteiger partial charge in [-0.1, -0.05) is 25.5 Å². The lowest BCUT2D eigenvalue weighted by Gasteiger charge is -2.40. The highest BCUT2D eigenvalue weighted by atomic mass is 19.2. The van der Waals surface area contributed by atoms with Gasteiger partial charge in [0, 0.05) is 0 Å². The fourth-order valence-electron chi connectivity index (χ4n) is 2.68. The van der Waals surface area contributed by atoms with Gasteiger partial charge in [0.05, 0.1) is 11.1 Å². The van der Waals surface area contributed by atoms with Crippen LogP contribution in [0.2, 0.25) is 0 Å². The lowest BCUT2D eigenvalue weighted by atomic mass is 9.69. The third kappa shape index (κ3) is 1.85. The Labute approximate surface area is 104 Å². The summed E-state index contributed by atoms with van der Waals surface area (Å²) in [5.41, 5.74) is 5.00. The number of nitrogens with two attached hydrogens (primary N) is 1. The van der Waals surface area contributed by atoms with Crippen LogP contribution in [0.1, 0.15) is 31.7 Å². The van der Waals surface area contributed by atoms with Gasteiger partial charge in [-0.2, -0.15) is 0 Å². The molecule has 1 aromatic rings. The molecule has 1 fully saturated rings. The van der Waals surface area contributed by atoms with Crippen LogP contribution in [0.4, 0.5) is 13.2 Å². The minimum absolute atomic E-state index is 0.0748. The third-order valence-corrected chi connectivity index (χ3v) is 3.87. The molecule has 2 atom stereocenters. The van der Waals surface area contributed by atoms with E-state index in [1.165, 1.54) is 0 Å². The quantitative estimate of drug-likeness (QED) is 0.601. The van der Waals surface area contributed by atoms with E-state index in [-0.39, 0.29) is 11.5 Å². The summed E-state index contributed by atoms with van der Waals surface area (Å²) in [6.45, 7) is 5.77. The molecule has 0 amide bonds. The molecule has 2 rings (SSSR count). The molecule has 0 saturated heterocycles. The Morgan fingerprint density at radius 3 is 2.56 bits per heavy atom. The molecule has 1 nitrogen and oxygen atoms in total. The number of hydrogen-bond acceptors (Lipinski definition) is 1. The molecule has 1 aliphatic carbocycles. The maximum atomic E-state index is 13.9. The lowest BCUT2D eigenvalue weighted by Crippen LogP contribution is -2.44. The van der Waals surface area contributed by atoms with Gasteiger partial charge in [0.25, 0.3) is 0 Å². The Kier molecular flexibility index (Phi) is 3.23. The maximum absolute atomic E-state index is 13.9. The largest absolute Gasteiger partial charge is 0.318 e. The van der Waals surface area contributed by atoms with Crippen molar-refractivity contribution in [1.82, 2.24) is 0 Å². The average molecular weight is 255 g/mol. The highest BCUT2D eigenvalue weighted by molar-refractivity contribution is 5.38. The Morgan fingerprint density at radius 2 is 1.89 bits per heavy atom. The molecule has 4 heteroatoms. The summed E-state index contributed by atoms with van der Waals surface area (Å²) >= 11 is 0. The second kappa shape index (κ2) is 4.43.